The van der Waals surface area contributed by atoms with Crippen molar-refractivity contribution in [1.82, 2.24) is 19.5 Å². The fourth-order valence-corrected chi connectivity index (χ4v) is 7.59. The van der Waals surface area contributed by atoms with Crippen LogP contribution in [0.4, 0.5) is 0 Å². The van der Waals surface area contributed by atoms with Crippen molar-refractivity contribution in [2.75, 3.05) is 0 Å². The molecule has 0 saturated heterocycles. The van der Waals surface area contributed by atoms with Gasteiger partial charge in [-0.25, -0.2) is 4.98 Å². The Morgan fingerprint density at radius 1 is 0.321 bits per heavy atom. The van der Waals surface area contributed by atoms with Gasteiger partial charge in [0.25, 0.3) is 0 Å². The smallest absolute Gasteiger partial charge is 0.238 e. The van der Waals surface area contributed by atoms with Crippen molar-refractivity contribution in [2.24, 2.45) is 0 Å². The molecule has 2 heterocycles. The fourth-order valence-electron chi connectivity index (χ4n) is 7.59. The van der Waals surface area contributed by atoms with E-state index in [0.717, 1.165) is 77.1 Å². The Morgan fingerprint density at radius 3 is 1.38 bits per heavy atom. The third-order valence-electron chi connectivity index (χ3n) is 10.0. The first-order chi connectivity index (χ1) is 26.3. The molecule has 2 aromatic heterocycles. The van der Waals surface area contributed by atoms with Gasteiger partial charge in [0.15, 0.2) is 11.6 Å². The Balaban J connectivity index is 1.29. The summed E-state index contributed by atoms with van der Waals surface area (Å²) in [5.74, 6) is 1.80. The van der Waals surface area contributed by atoms with Crippen LogP contribution in [0.1, 0.15) is 0 Å². The van der Waals surface area contributed by atoms with E-state index in [4.69, 9.17) is 15.0 Å². The topological polar surface area (TPSA) is 43.6 Å². The van der Waals surface area contributed by atoms with Crippen molar-refractivity contribution in [3.05, 3.63) is 194 Å². The third-order valence-corrected chi connectivity index (χ3v) is 10.0. The average molecular weight is 677 g/mol. The number of aromatic nitrogens is 4. The molecule has 0 aliphatic carbocycles. The number of fused-ring (bicyclic) bond motifs is 4. The van der Waals surface area contributed by atoms with Crippen LogP contribution in [0.15, 0.2) is 194 Å². The van der Waals surface area contributed by atoms with E-state index in [1.165, 1.54) is 0 Å². The standard InChI is InChI=1S/C49H32N4/c1-4-16-33(17-5-1)37-30-38(34-18-6-2-7-19-34)32-39(31-37)47-50-48(43-27-15-23-36-22-14-26-40(46(36)43)35-20-8-3-9-21-35)52-49(51-47)53-44-28-12-10-24-41(44)42-25-11-13-29-45(42)53/h1-32H. The Labute approximate surface area is 307 Å². The predicted octanol–water partition coefficient (Wildman–Crippen LogP) is 12.5. The highest BCUT2D eigenvalue weighted by Gasteiger charge is 2.20. The lowest BCUT2D eigenvalue weighted by molar-refractivity contribution is 0.954. The van der Waals surface area contributed by atoms with Crippen molar-refractivity contribution in [1.29, 1.82) is 0 Å². The van der Waals surface area contributed by atoms with E-state index >= 15 is 0 Å². The van der Waals surface area contributed by atoms with Crippen LogP contribution in [0.3, 0.4) is 0 Å². The second kappa shape index (κ2) is 12.9. The molecule has 0 amide bonds. The molecular weight excluding hydrogens is 645 g/mol. The molecule has 4 heteroatoms. The molecule has 248 valence electrons. The maximum Gasteiger partial charge on any atom is 0.238 e. The molecule has 0 radical (unpaired) electrons. The molecule has 0 aliphatic rings. The van der Waals surface area contributed by atoms with Crippen molar-refractivity contribution < 1.29 is 0 Å². The largest absolute Gasteiger partial charge is 0.278 e. The van der Waals surface area contributed by atoms with E-state index in [2.05, 4.69) is 199 Å². The molecule has 10 rings (SSSR count). The number of para-hydroxylation sites is 2. The van der Waals surface area contributed by atoms with Gasteiger partial charge in [0.2, 0.25) is 5.95 Å². The molecule has 0 fully saturated rings. The minimum atomic E-state index is 0.572. The van der Waals surface area contributed by atoms with Gasteiger partial charge in [0, 0.05) is 27.3 Å². The highest BCUT2D eigenvalue weighted by atomic mass is 15.2. The summed E-state index contributed by atoms with van der Waals surface area (Å²) in [4.78, 5) is 16.1. The number of benzene rings is 8. The van der Waals surface area contributed by atoms with Gasteiger partial charge < -0.3 is 0 Å². The number of nitrogens with zero attached hydrogens (tertiary/aromatic N) is 4. The van der Waals surface area contributed by atoms with Crippen molar-refractivity contribution in [2.45, 2.75) is 0 Å². The van der Waals surface area contributed by atoms with Gasteiger partial charge in [-0.1, -0.05) is 164 Å². The minimum absolute atomic E-state index is 0.572. The summed E-state index contributed by atoms with van der Waals surface area (Å²) in [6.07, 6.45) is 0. The maximum absolute atomic E-state index is 5.36. The zero-order chi connectivity index (χ0) is 35.1. The first-order valence-corrected chi connectivity index (χ1v) is 17.9. The van der Waals surface area contributed by atoms with Crippen molar-refractivity contribution in [3.63, 3.8) is 0 Å². The van der Waals surface area contributed by atoms with Crippen LogP contribution in [0.25, 0.3) is 94.7 Å². The lowest BCUT2D eigenvalue weighted by Gasteiger charge is -2.15. The van der Waals surface area contributed by atoms with E-state index in [0.29, 0.717) is 17.6 Å². The Bertz CT molecular complexity index is 2820. The first kappa shape index (κ1) is 30.6. The van der Waals surface area contributed by atoms with E-state index in [9.17, 15) is 0 Å². The van der Waals surface area contributed by atoms with Crippen LogP contribution in [-0.4, -0.2) is 19.5 Å². The van der Waals surface area contributed by atoms with Crippen molar-refractivity contribution in [3.8, 4) is 62.1 Å². The lowest BCUT2D eigenvalue weighted by Crippen LogP contribution is -2.07. The summed E-state index contributed by atoms with van der Waals surface area (Å²) >= 11 is 0. The SMILES string of the molecule is c1ccc(-c2cc(-c3ccccc3)cc(-c3nc(-c4cccc5cccc(-c6ccccc6)c45)nc(-n4c5ccccc5c5ccccc54)n3)c2)cc1. The highest BCUT2D eigenvalue weighted by Crippen LogP contribution is 2.38. The molecule has 4 nitrogen and oxygen atoms in total. The quantitative estimate of drug-likeness (QED) is 0.176. The Kier molecular flexibility index (Phi) is 7.43. The van der Waals surface area contributed by atoms with Gasteiger partial charge in [0.1, 0.15) is 0 Å². The van der Waals surface area contributed by atoms with E-state index in [-0.39, 0.29) is 0 Å². The van der Waals surface area contributed by atoms with Gasteiger partial charge in [-0.2, -0.15) is 9.97 Å². The predicted molar refractivity (Wildman–Crippen MR) is 219 cm³/mol. The molecule has 53 heavy (non-hydrogen) atoms. The third kappa shape index (κ3) is 5.45. The number of hydrogen-bond donors (Lipinski definition) is 0. The van der Waals surface area contributed by atoms with E-state index in [1.54, 1.807) is 0 Å². The molecule has 0 aliphatic heterocycles. The first-order valence-electron chi connectivity index (χ1n) is 17.9. The average Bonchev–Trinajstić information content (AvgIpc) is 3.58. The second-order valence-electron chi connectivity index (χ2n) is 13.3. The Morgan fingerprint density at radius 2 is 0.792 bits per heavy atom. The molecule has 0 unspecified atom stereocenters. The summed E-state index contributed by atoms with van der Waals surface area (Å²) in [5.41, 5.74) is 10.7. The molecule has 8 aromatic carbocycles. The van der Waals surface area contributed by atoms with Gasteiger partial charge in [-0.3, -0.25) is 4.57 Å². The molecule has 10 aromatic rings. The second-order valence-corrected chi connectivity index (χ2v) is 13.3. The van der Waals surface area contributed by atoms with Crippen LogP contribution >= 0.6 is 0 Å². The van der Waals surface area contributed by atoms with E-state index in [1.807, 2.05) is 0 Å². The minimum Gasteiger partial charge on any atom is -0.278 e. The summed E-state index contributed by atoms with van der Waals surface area (Å²) in [6.45, 7) is 0. The number of hydrogen-bond acceptors (Lipinski definition) is 3. The van der Waals surface area contributed by atoms with E-state index < -0.39 is 0 Å². The van der Waals surface area contributed by atoms with Crippen LogP contribution in [0.2, 0.25) is 0 Å². The zero-order valence-corrected chi connectivity index (χ0v) is 28.8. The molecule has 0 atom stereocenters. The van der Waals surface area contributed by atoms with Crippen LogP contribution in [0.5, 0.6) is 0 Å². The fraction of sp³-hybridized carbons (Fsp3) is 0. The van der Waals surface area contributed by atoms with Gasteiger partial charge in [-0.15, -0.1) is 0 Å². The van der Waals surface area contributed by atoms with Crippen molar-refractivity contribution >= 4 is 32.6 Å². The van der Waals surface area contributed by atoms with Crippen LogP contribution < -0.4 is 0 Å². The summed E-state index contributed by atoms with van der Waals surface area (Å²) in [6, 6.07) is 68.1. The molecule has 0 spiro atoms. The summed E-state index contributed by atoms with van der Waals surface area (Å²) in [5, 5.41) is 4.54. The maximum atomic E-state index is 5.36. The Hall–Kier alpha value is -7.17. The highest BCUT2D eigenvalue weighted by molar-refractivity contribution is 6.09. The number of rotatable bonds is 6. The summed E-state index contributed by atoms with van der Waals surface area (Å²) in [7, 11) is 0. The lowest BCUT2D eigenvalue weighted by atomic mass is 9.94. The van der Waals surface area contributed by atoms with Gasteiger partial charge in [0.05, 0.1) is 11.0 Å². The molecular formula is C49H32N4. The summed E-state index contributed by atoms with van der Waals surface area (Å²) < 4.78 is 2.18. The van der Waals surface area contributed by atoms with Gasteiger partial charge in [-0.05, 0) is 69.1 Å². The molecule has 0 saturated carbocycles. The van der Waals surface area contributed by atoms with Crippen LogP contribution in [0, 0.1) is 0 Å². The molecule has 0 bridgehead atoms. The normalized spacial score (nSPS) is 11.4. The van der Waals surface area contributed by atoms with Gasteiger partial charge >= 0.3 is 0 Å². The van der Waals surface area contributed by atoms with Crippen LogP contribution in [-0.2, 0) is 0 Å². The molecule has 0 N–H and O–H groups in total. The zero-order valence-electron chi connectivity index (χ0n) is 28.8. The monoisotopic (exact) mass is 676 g/mol.